The molecular weight excluding hydrogens is 440 g/mol. The Morgan fingerprint density at radius 2 is 1.75 bits per heavy atom. The van der Waals surface area contributed by atoms with Crippen LogP contribution in [0.5, 0.6) is 0 Å². The van der Waals surface area contributed by atoms with Crippen molar-refractivity contribution in [3.8, 4) is 11.3 Å². The summed E-state index contributed by atoms with van der Waals surface area (Å²) in [4.78, 5) is 38.8. The van der Waals surface area contributed by atoms with E-state index in [0.717, 1.165) is 35.0 Å². The first kappa shape index (κ1) is 23.1. The second-order valence-electron chi connectivity index (χ2n) is 6.93. The van der Waals surface area contributed by atoms with Crippen LogP contribution in [-0.2, 0) is 9.59 Å². The van der Waals surface area contributed by atoms with Crippen LogP contribution in [0, 0.1) is 25.5 Å². The van der Waals surface area contributed by atoms with Crippen molar-refractivity contribution in [2.45, 2.75) is 25.9 Å². The van der Waals surface area contributed by atoms with E-state index in [9.17, 15) is 23.2 Å². The molecule has 0 unspecified atom stereocenters. The van der Waals surface area contributed by atoms with Crippen LogP contribution in [0.2, 0.25) is 0 Å². The highest BCUT2D eigenvalue weighted by atomic mass is 32.2. The molecule has 0 bridgehead atoms. The average Bonchev–Trinajstić information content (AvgIpc) is 2.71. The Morgan fingerprint density at radius 3 is 2.38 bits per heavy atom. The van der Waals surface area contributed by atoms with Crippen molar-refractivity contribution in [2.24, 2.45) is 0 Å². The predicted molar refractivity (Wildman–Crippen MR) is 118 cm³/mol. The number of halogens is 2. The average molecular weight is 459 g/mol. The fraction of sp³-hybridized carbons (Fsp3) is 0.190. The smallest absolute Gasteiger partial charge is 0.278 e. The molecule has 1 aromatic heterocycles. The summed E-state index contributed by atoms with van der Waals surface area (Å²) in [5.41, 5.74) is 1.37. The number of nitrogens with zero attached hydrogens (tertiary/aromatic N) is 2. The van der Waals surface area contributed by atoms with E-state index in [-0.39, 0.29) is 22.5 Å². The second-order valence-corrected chi connectivity index (χ2v) is 7.89. The van der Waals surface area contributed by atoms with Crippen molar-refractivity contribution in [3.05, 3.63) is 63.4 Å². The van der Waals surface area contributed by atoms with Crippen LogP contribution in [0.15, 0.2) is 40.3 Å². The Kier molecular flexibility index (Phi) is 6.98. The molecule has 8 nitrogen and oxygen atoms in total. The SMILES string of the molecule is CC(=O)Nc1c(C)cc(C)cc1-c1nnc(SCC(=O)Nc2c(F)cccc2F)[nH]c1=O. The molecule has 3 N–H and O–H groups in total. The molecule has 0 aliphatic carbocycles. The molecule has 2 amide bonds. The number of aryl methyl sites for hydroxylation is 2. The first-order chi connectivity index (χ1) is 15.2. The number of aromatic nitrogens is 3. The van der Waals surface area contributed by atoms with Crippen molar-refractivity contribution < 1.29 is 18.4 Å². The van der Waals surface area contributed by atoms with Gasteiger partial charge < -0.3 is 10.6 Å². The molecule has 32 heavy (non-hydrogen) atoms. The number of amides is 2. The highest BCUT2D eigenvalue weighted by Gasteiger charge is 2.17. The minimum atomic E-state index is -0.899. The van der Waals surface area contributed by atoms with E-state index in [0.29, 0.717) is 11.3 Å². The number of hydrogen-bond acceptors (Lipinski definition) is 6. The van der Waals surface area contributed by atoms with E-state index < -0.39 is 28.8 Å². The van der Waals surface area contributed by atoms with Gasteiger partial charge in [0.15, 0.2) is 10.9 Å². The van der Waals surface area contributed by atoms with E-state index in [1.807, 2.05) is 13.0 Å². The third-order valence-electron chi connectivity index (χ3n) is 4.28. The standard InChI is InChI=1S/C21H19F2N5O3S/c1-10-7-11(2)17(24-12(3)29)13(8-10)18-20(31)26-21(28-27-18)32-9-16(30)25-19-14(22)5-4-6-15(19)23/h4-8H,9H2,1-3H3,(H,24,29)(H,25,30)(H,26,28,31). The van der Waals surface area contributed by atoms with Crippen molar-refractivity contribution in [3.63, 3.8) is 0 Å². The minimum Gasteiger partial charge on any atom is -0.325 e. The van der Waals surface area contributed by atoms with Gasteiger partial charge in [-0.3, -0.25) is 19.4 Å². The normalized spacial score (nSPS) is 10.7. The zero-order valence-electron chi connectivity index (χ0n) is 17.4. The molecule has 11 heteroatoms. The van der Waals surface area contributed by atoms with E-state index in [1.165, 1.54) is 13.0 Å². The molecular formula is C21H19F2N5O3S. The number of rotatable bonds is 6. The zero-order chi connectivity index (χ0) is 23.4. The van der Waals surface area contributed by atoms with Crippen LogP contribution in [0.1, 0.15) is 18.1 Å². The number of aromatic amines is 1. The van der Waals surface area contributed by atoms with Crippen LogP contribution in [-0.4, -0.2) is 32.7 Å². The van der Waals surface area contributed by atoms with Gasteiger partial charge in [-0.2, -0.15) is 0 Å². The summed E-state index contributed by atoms with van der Waals surface area (Å²) in [5.74, 6) is -3.05. The van der Waals surface area contributed by atoms with Crippen molar-refractivity contribution >= 4 is 35.0 Å². The number of thioether (sulfide) groups is 1. The number of H-pyrrole nitrogens is 1. The first-order valence-electron chi connectivity index (χ1n) is 9.38. The van der Waals surface area contributed by atoms with Crippen LogP contribution < -0.4 is 16.2 Å². The van der Waals surface area contributed by atoms with Crippen molar-refractivity contribution in [1.82, 2.24) is 15.2 Å². The maximum absolute atomic E-state index is 13.6. The summed E-state index contributed by atoms with van der Waals surface area (Å²) < 4.78 is 27.3. The molecule has 0 radical (unpaired) electrons. The summed E-state index contributed by atoms with van der Waals surface area (Å²) in [6.07, 6.45) is 0. The van der Waals surface area contributed by atoms with Crippen LogP contribution in [0.3, 0.4) is 0 Å². The lowest BCUT2D eigenvalue weighted by atomic mass is 10.0. The van der Waals surface area contributed by atoms with Gasteiger partial charge in [-0.25, -0.2) is 8.78 Å². The molecule has 0 aliphatic heterocycles. The van der Waals surface area contributed by atoms with Crippen LogP contribution in [0.25, 0.3) is 11.3 Å². The first-order valence-corrected chi connectivity index (χ1v) is 10.4. The minimum absolute atomic E-state index is 0.00257. The number of benzene rings is 2. The molecule has 1 heterocycles. The number of hydrogen-bond donors (Lipinski definition) is 3. The Bertz CT molecular complexity index is 1240. The van der Waals surface area contributed by atoms with Gasteiger partial charge in [-0.1, -0.05) is 29.5 Å². The van der Waals surface area contributed by atoms with E-state index in [1.54, 1.807) is 13.0 Å². The van der Waals surface area contributed by atoms with E-state index in [4.69, 9.17) is 0 Å². The summed E-state index contributed by atoms with van der Waals surface area (Å²) >= 11 is 0.843. The number of nitrogens with one attached hydrogen (secondary N) is 3. The maximum atomic E-state index is 13.6. The Morgan fingerprint density at radius 1 is 1.06 bits per heavy atom. The molecule has 2 aromatic carbocycles. The highest BCUT2D eigenvalue weighted by molar-refractivity contribution is 7.99. The Labute approximate surface area is 185 Å². The summed E-state index contributed by atoms with van der Waals surface area (Å²) in [6, 6.07) is 6.80. The highest BCUT2D eigenvalue weighted by Crippen LogP contribution is 2.29. The summed E-state index contributed by atoms with van der Waals surface area (Å²) in [7, 11) is 0. The molecule has 3 rings (SSSR count). The number of carbonyl (C=O) groups is 2. The van der Waals surface area contributed by atoms with E-state index >= 15 is 0 Å². The maximum Gasteiger partial charge on any atom is 0.278 e. The third-order valence-corrected chi connectivity index (χ3v) is 5.14. The van der Waals surface area contributed by atoms with Crippen molar-refractivity contribution in [2.75, 3.05) is 16.4 Å². The van der Waals surface area contributed by atoms with Gasteiger partial charge in [0, 0.05) is 12.5 Å². The van der Waals surface area contributed by atoms with Crippen molar-refractivity contribution in [1.29, 1.82) is 0 Å². The Hall–Kier alpha value is -3.60. The van der Waals surface area contributed by atoms with Crippen LogP contribution in [0.4, 0.5) is 20.2 Å². The fourth-order valence-electron chi connectivity index (χ4n) is 2.99. The number of anilines is 2. The van der Waals surface area contributed by atoms with Gasteiger partial charge in [0.1, 0.15) is 17.3 Å². The molecule has 0 saturated carbocycles. The lowest BCUT2D eigenvalue weighted by molar-refractivity contribution is -0.114. The number of carbonyl (C=O) groups excluding carboxylic acids is 2. The zero-order valence-corrected chi connectivity index (χ0v) is 18.2. The van der Waals surface area contributed by atoms with E-state index in [2.05, 4.69) is 25.8 Å². The number of para-hydroxylation sites is 1. The lowest BCUT2D eigenvalue weighted by Crippen LogP contribution is -2.19. The third kappa shape index (κ3) is 5.35. The molecule has 166 valence electrons. The molecule has 0 spiro atoms. The monoisotopic (exact) mass is 459 g/mol. The molecule has 0 saturated heterocycles. The van der Waals surface area contributed by atoms with Crippen LogP contribution >= 0.6 is 11.8 Å². The largest absolute Gasteiger partial charge is 0.325 e. The summed E-state index contributed by atoms with van der Waals surface area (Å²) in [5, 5.41) is 12.8. The Balaban J connectivity index is 1.79. The summed E-state index contributed by atoms with van der Waals surface area (Å²) in [6.45, 7) is 5.00. The van der Waals surface area contributed by atoms with Gasteiger partial charge in [0.05, 0.1) is 11.4 Å². The topological polar surface area (TPSA) is 117 Å². The lowest BCUT2D eigenvalue weighted by Gasteiger charge is -2.13. The fourth-order valence-corrected chi connectivity index (χ4v) is 3.59. The molecule has 0 fully saturated rings. The van der Waals surface area contributed by atoms with Gasteiger partial charge >= 0.3 is 0 Å². The van der Waals surface area contributed by atoms with Gasteiger partial charge in [0.2, 0.25) is 11.8 Å². The predicted octanol–water partition coefficient (Wildman–Crippen LogP) is 3.42. The quantitative estimate of drug-likeness (QED) is 0.487. The second kappa shape index (κ2) is 9.69. The van der Waals surface area contributed by atoms with Gasteiger partial charge in [0.25, 0.3) is 5.56 Å². The molecule has 0 aliphatic rings. The molecule has 3 aromatic rings. The molecule has 0 atom stereocenters. The van der Waals surface area contributed by atoms with Gasteiger partial charge in [-0.15, -0.1) is 10.2 Å². The van der Waals surface area contributed by atoms with Gasteiger partial charge in [-0.05, 0) is 37.6 Å².